The third-order valence-corrected chi connectivity index (χ3v) is 4.82. The second-order valence-electron chi connectivity index (χ2n) is 5.67. The molecule has 0 atom stereocenters. The molecule has 0 bridgehead atoms. The van der Waals surface area contributed by atoms with E-state index < -0.39 is 0 Å². The van der Waals surface area contributed by atoms with Crippen LogP contribution in [0, 0.1) is 18.3 Å². The zero-order valence-electron chi connectivity index (χ0n) is 14.4. The van der Waals surface area contributed by atoms with Gasteiger partial charge in [-0.1, -0.05) is 36.0 Å². The number of nitriles is 1. The van der Waals surface area contributed by atoms with E-state index in [2.05, 4.69) is 16.4 Å². The number of carbonyl (C=O) groups is 1. The Bertz CT molecular complexity index is 1010. The summed E-state index contributed by atoms with van der Waals surface area (Å²) >= 11 is 1.26. The number of hydrogen-bond acceptors (Lipinski definition) is 5. The van der Waals surface area contributed by atoms with Crippen LogP contribution in [-0.2, 0) is 4.79 Å². The molecule has 5 nitrogen and oxygen atoms in total. The van der Waals surface area contributed by atoms with Crippen LogP contribution in [0.2, 0.25) is 0 Å². The number of benzene rings is 2. The number of rotatable bonds is 5. The highest BCUT2D eigenvalue weighted by atomic mass is 32.2. The molecular formula is C20H17N3O2S. The van der Waals surface area contributed by atoms with Gasteiger partial charge in [0.05, 0.1) is 23.9 Å². The van der Waals surface area contributed by atoms with Gasteiger partial charge in [-0.15, -0.1) is 0 Å². The largest absolute Gasteiger partial charge is 0.497 e. The third-order valence-electron chi connectivity index (χ3n) is 3.83. The van der Waals surface area contributed by atoms with Crippen LogP contribution in [0.1, 0.15) is 11.1 Å². The Balaban J connectivity index is 1.75. The van der Waals surface area contributed by atoms with Crippen LogP contribution in [0.4, 0.5) is 5.69 Å². The second-order valence-corrected chi connectivity index (χ2v) is 6.63. The Morgan fingerprint density at radius 1 is 1.27 bits per heavy atom. The van der Waals surface area contributed by atoms with Crippen molar-refractivity contribution < 1.29 is 9.53 Å². The summed E-state index contributed by atoms with van der Waals surface area (Å²) in [6.45, 7) is 1.98. The summed E-state index contributed by atoms with van der Waals surface area (Å²) in [5.41, 5.74) is 3.02. The van der Waals surface area contributed by atoms with Crippen molar-refractivity contribution in [2.45, 2.75) is 11.9 Å². The zero-order valence-corrected chi connectivity index (χ0v) is 15.3. The average Bonchev–Trinajstić information content (AvgIpc) is 2.66. The molecule has 1 amide bonds. The van der Waals surface area contributed by atoms with Crippen molar-refractivity contribution >= 4 is 34.3 Å². The van der Waals surface area contributed by atoms with Crippen molar-refractivity contribution in [3.8, 4) is 11.8 Å². The fourth-order valence-electron chi connectivity index (χ4n) is 2.55. The summed E-state index contributed by atoms with van der Waals surface area (Å²) in [7, 11) is 1.58. The number of aromatic nitrogens is 1. The molecule has 0 aliphatic heterocycles. The van der Waals surface area contributed by atoms with Gasteiger partial charge in [-0.25, -0.2) is 4.98 Å². The first-order chi connectivity index (χ1) is 12.6. The topological polar surface area (TPSA) is 75.0 Å². The molecule has 0 saturated heterocycles. The summed E-state index contributed by atoms with van der Waals surface area (Å²) in [5.74, 6) is 0.670. The van der Waals surface area contributed by atoms with Gasteiger partial charge in [0.15, 0.2) is 0 Å². The number of methoxy groups -OCH3 is 1. The fraction of sp³-hybridized carbons (Fsp3) is 0.150. The number of ether oxygens (including phenoxy) is 1. The summed E-state index contributed by atoms with van der Waals surface area (Å²) in [5, 5.41) is 13.7. The van der Waals surface area contributed by atoms with E-state index in [0.717, 1.165) is 16.5 Å². The SMILES string of the molecule is COc1cccc(NC(=O)CSc2nc3c(C)cccc3cc2C#N)c1. The number of para-hydroxylation sites is 1. The Kier molecular flexibility index (Phi) is 5.40. The standard InChI is InChI=1S/C20H17N3O2S/c1-13-5-3-6-14-9-15(11-21)20(23-19(13)14)26-12-18(24)22-16-7-4-8-17(10-16)25-2/h3-10H,12H2,1-2H3,(H,22,24). The van der Waals surface area contributed by atoms with Crippen molar-refractivity contribution in [1.29, 1.82) is 5.26 Å². The molecule has 1 N–H and O–H groups in total. The van der Waals surface area contributed by atoms with Crippen LogP contribution in [0.5, 0.6) is 5.75 Å². The van der Waals surface area contributed by atoms with E-state index >= 15 is 0 Å². The first kappa shape index (κ1) is 17.8. The van der Waals surface area contributed by atoms with Crippen LogP contribution in [0.3, 0.4) is 0 Å². The monoisotopic (exact) mass is 363 g/mol. The van der Waals surface area contributed by atoms with Crippen molar-refractivity contribution in [3.05, 3.63) is 59.7 Å². The van der Waals surface area contributed by atoms with Crippen molar-refractivity contribution in [2.75, 3.05) is 18.2 Å². The molecule has 26 heavy (non-hydrogen) atoms. The number of nitrogens with one attached hydrogen (secondary N) is 1. The maximum absolute atomic E-state index is 12.2. The first-order valence-corrected chi connectivity index (χ1v) is 8.96. The molecule has 0 spiro atoms. The average molecular weight is 363 g/mol. The lowest BCUT2D eigenvalue weighted by Crippen LogP contribution is -2.14. The van der Waals surface area contributed by atoms with Crippen LogP contribution >= 0.6 is 11.8 Å². The van der Waals surface area contributed by atoms with Gasteiger partial charge >= 0.3 is 0 Å². The second kappa shape index (κ2) is 7.89. The quantitative estimate of drug-likeness (QED) is 0.689. The lowest BCUT2D eigenvalue weighted by atomic mass is 10.1. The lowest BCUT2D eigenvalue weighted by molar-refractivity contribution is -0.113. The van der Waals surface area contributed by atoms with Gasteiger partial charge in [-0.2, -0.15) is 5.26 Å². The van der Waals surface area contributed by atoms with E-state index in [-0.39, 0.29) is 11.7 Å². The summed E-state index contributed by atoms with van der Waals surface area (Å²) in [4.78, 5) is 16.8. The lowest BCUT2D eigenvalue weighted by Gasteiger charge is -2.09. The predicted molar refractivity (Wildman–Crippen MR) is 104 cm³/mol. The number of nitrogens with zero attached hydrogens (tertiary/aromatic N) is 2. The Morgan fingerprint density at radius 3 is 2.85 bits per heavy atom. The predicted octanol–water partition coefficient (Wildman–Crippen LogP) is 4.15. The maximum Gasteiger partial charge on any atom is 0.234 e. The number of anilines is 1. The number of carbonyl (C=O) groups excluding carboxylic acids is 1. The van der Waals surface area contributed by atoms with Crippen LogP contribution in [-0.4, -0.2) is 23.8 Å². The summed E-state index contributed by atoms with van der Waals surface area (Å²) in [6.07, 6.45) is 0. The molecule has 130 valence electrons. The highest BCUT2D eigenvalue weighted by Crippen LogP contribution is 2.26. The minimum absolute atomic E-state index is 0.163. The maximum atomic E-state index is 12.2. The first-order valence-electron chi connectivity index (χ1n) is 7.98. The molecule has 3 rings (SSSR count). The van der Waals surface area contributed by atoms with Crippen LogP contribution < -0.4 is 10.1 Å². The highest BCUT2D eigenvalue weighted by molar-refractivity contribution is 8.00. The summed E-state index contributed by atoms with van der Waals surface area (Å²) < 4.78 is 5.15. The number of amides is 1. The molecule has 0 aliphatic carbocycles. The number of aryl methyl sites for hydroxylation is 1. The van der Waals surface area contributed by atoms with E-state index in [4.69, 9.17) is 4.74 Å². The third kappa shape index (κ3) is 3.95. The number of pyridine rings is 1. The molecule has 6 heteroatoms. The normalized spacial score (nSPS) is 10.3. The molecule has 3 aromatic rings. The van der Waals surface area contributed by atoms with Gasteiger partial charge < -0.3 is 10.1 Å². The summed E-state index contributed by atoms with van der Waals surface area (Å²) in [6, 6.07) is 17.0. The number of fused-ring (bicyclic) bond motifs is 1. The van der Waals surface area contributed by atoms with Crippen molar-refractivity contribution in [3.63, 3.8) is 0 Å². The molecule has 0 fully saturated rings. The van der Waals surface area contributed by atoms with Crippen molar-refractivity contribution in [2.24, 2.45) is 0 Å². The Morgan fingerprint density at radius 2 is 2.08 bits per heavy atom. The molecular weight excluding hydrogens is 346 g/mol. The minimum atomic E-state index is -0.168. The van der Waals surface area contributed by atoms with Gasteiger partial charge in [0.25, 0.3) is 0 Å². The van der Waals surface area contributed by atoms with Gasteiger partial charge in [0.1, 0.15) is 16.8 Å². The fourth-order valence-corrected chi connectivity index (χ4v) is 3.31. The minimum Gasteiger partial charge on any atom is -0.497 e. The molecule has 0 saturated carbocycles. The molecule has 1 aromatic heterocycles. The molecule has 0 radical (unpaired) electrons. The smallest absolute Gasteiger partial charge is 0.234 e. The van der Waals surface area contributed by atoms with E-state index in [9.17, 15) is 10.1 Å². The Hall–Kier alpha value is -3.04. The molecule has 1 heterocycles. The van der Waals surface area contributed by atoms with E-state index in [1.165, 1.54) is 11.8 Å². The molecule has 2 aromatic carbocycles. The Labute approximate surface area is 156 Å². The molecule has 0 unspecified atom stereocenters. The van der Waals surface area contributed by atoms with Crippen LogP contribution in [0.25, 0.3) is 10.9 Å². The van der Waals surface area contributed by atoms with Crippen molar-refractivity contribution in [1.82, 2.24) is 4.98 Å². The van der Waals surface area contributed by atoms with Gasteiger partial charge in [0, 0.05) is 17.1 Å². The van der Waals surface area contributed by atoms with E-state index in [0.29, 0.717) is 22.0 Å². The highest BCUT2D eigenvalue weighted by Gasteiger charge is 2.11. The molecule has 0 aliphatic rings. The van der Waals surface area contributed by atoms with Gasteiger partial charge in [0.2, 0.25) is 5.91 Å². The van der Waals surface area contributed by atoms with E-state index in [1.54, 1.807) is 19.2 Å². The number of hydrogen-bond donors (Lipinski definition) is 1. The number of thioether (sulfide) groups is 1. The zero-order chi connectivity index (χ0) is 18.5. The van der Waals surface area contributed by atoms with Gasteiger partial charge in [-0.05, 0) is 30.7 Å². The van der Waals surface area contributed by atoms with Gasteiger partial charge in [-0.3, -0.25) is 4.79 Å². The van der Waals surface area contributed by atoms with E-state index in [1.807, 2.05) is 43.3 Å². The van der Waals surface area contributed by atoms with Crippen LogP contribution in [0.15, 0.2) is 53.6 Å².